The van der Waals surface area contributed by atoms with Gasteiger partial charge in [0.2, 0.25) is 0 Å². The lowest BCUT2D eigenvalue weighted by atomic mass is 9.92. The van der Waals surface area contributed by atoms with Crippen LogP contribution in [0.2, 0.25) is 0 Å². The summed E-state index contributed by atoms with van der Waals surface area (Å²) in [7, 11) is 0. The van der Waals surface area contributed by atoms with Gasteiger partial charge in [0, 0.05) is 11.4 Å². The van der Waals surface area contributed by atoms with Crippen LogP contribution in [0.3, 0.4) is 0 Å². The molecule has 0 saturated heterocycles. The molecule has 1 unspecified atom stereocenters. The summed E-state index contributed by atoms with van der Waals surface area (Å²) in [5, 5.41) is 6.15. The molecule has 0 aliphatic heterocycles. The fourth-order valence-electron chi connectivity index (χ4n) is 3.83. The van der Waals surface area contributed by atoms with Crippen LogP contribution in [0.4, 0.5) is 11.4 Å². The van der Waals surface area contributed by atoms with Gasteiger partial charge >= 0.3 is 0 Å². The first-order chi connectivity index (χ1) is 14.7. The minimum Gasteiger partial charge on any atom is -0.321 e. The predicted octanol–water partition coefficient (Wildman–Crippen LogP) is 4.11. The first kappa shape index (κ1) is 24.6. The number of carbonyl (C=O) groups excluding carboxylic acids is 2. The highest BCUT2D eigenvalue weighted by Gasteiger charge is 2.21. The van der Waals surface area contributed by atoms with Crippen LogP contribution >= 0.6 is 0 Å². The Balaban J connectivity index is 2.09. The molecule has 0 aliphatic carbocycles. The van der Waals surface area contributed by atoms with Gasteiger partial charge in [-0.2, -0.15) is 0 Å². The second-order valence-electron chi connectivity index (χ2n) is 8.89. The maximum atomic E-state index is 13.0. The topological polar surface area (TPSA) is 62.6 Å². The zero-order valence-corrected chi connectivity index (χ0v) is 19.8. The monoisotopic (exact) mass is 424 g/mol. The molecule has 2 aromatic carbocycles. The minimum absolute atomic E-state index is 0.0536. The summed E-state index contributed by atoms with van der Waals surface area (Å²) in [5.41, 5.74) is 5.07. The molecular weight excluding hydrogens is 386 g/mol. The summed E-state index contributed by atoms with van der Waals surface area (Å²) in [4.78, 5) is 26.5. The van der Waals surface area contributed by atoms with Crippen molar-refractivity contribution in [2.24, 2.45) is 0 Å². The highest BCUT2D eigenvalue weighted by atomic mass is 16.2. The normalized spacial score (nSPS) is 12.1. The first-order valence-electron chi connectivity index (χ1n) is 11.3. The van der Waals surface area contributed by atoms with Crippen molar-refractivity contribution in [3.63, 3.8) is 0 Å². The maximum absolute atomic E-state index is 13.0. The lowest BCUT2D eigenvalue weighted by Crippen LogP contribution is -3.14. The van der Waals surface area contributed by atoms with E-state index in [1.54, 1.807) is 0 Å². The summed E-state index contributed by atoms with van der Waals surface area (Å²) >= 11 is 0. The predicted molar refractivity (Wildman–Crippen MR) is 129 cm³/mol. The molecular formula is C26H38N3O2+. The van der Waals surface area contributed by atoms with Gasteiger partial charge in [0.15, 0.2) is 13.1 Å². The molecule has 0 bridgehead atoms. The second-order valence-corrected chi connectivity index (χ2v) is 8.89. The van der Waals surface area contributed by atoms with Crippen molar-refractivity contribution in [3.8, 4) is 0 Å². The van der Waals surface area contributed by atoms with Crippen molar-refractivity contribution >= 4 is 23.2 Å². The van der Waals surface area contributed by atoms with Gasteiger partial charge in [-0.15, -0.1) is 0 Å². The molecule has 0 aromatic heterocycles. The average Bonchev–Trinajstić information content (AvgIpc) is 2.69. The number of hydrogen-bond donors (Lipinski definition) is 3. The molecule has 0 heterocycles. The Morgan fingerprint density at radius 2 is 1.39 bits per heavy atom. The van der Waals surface area contributed by atoms with Crippen LogP contribution < -0.4 is 15.5 Å². The second kappa shape index (κ2) is 11.7. The van der Waals surface area contributed by atoms with Crippen LogP contribution in [0, 0.1) is 6.92 Å². The van der Waals surface area contributed by atoms with Crippen molar-refractivity contribution in [1.82, 2.24) is 0 Å². The van der Waals surface area contributed by atoms with Crippen LogP contribution in [0.5, 0.6) is 0 Å². The van der Waals surface area contributed by atoms with E-state index in [0.29, 0.717) is 11.8 Å². The van der Waals surface area contributed by atoms with Gasteiger partial charge in [0.25, 0.3) is 11.8 Å². The van der Waals surface area contributed by atoms with Crippen molar-refractivity contribution in [2.45, 2.75) is 59.8 Å². The zero-order chi connectivity index (χ0) is 23.0. The highest BCUT2D eigenvalue weighted by Crippen LogP contribution is 2.32. The molecule has 2 amide bonds. The summed E-state index contributed by atoms with van der Waals surface area (Å²) in [6.45, 7) is 13.9. The largest absolute Gasteiger partial charge is 0.321 e. The molecule has 5 nitrogen and oxygen atoms in total. The SMILES string of the molecule is CCC[NH+](CC(=O)Nc1ccccc1C)CC(=O)Nc1c(C(C)C)cccc1C(C)C. The van der Waals surface area contributed by atoms with Gasteiger partial charge in [0.05, 0.1) is 6.54 Å². The number of benzene rings is 2. The number of anilines is 2. The van der Waals surface area contributed by atoms with Crippen LogP contribution in [-0.2, 0) is 9.59 Å². The molecule has 5 heteroatoms. The summed E-state index contributed by atoms with van der Waals surface area (Å²) in [6.07, 6.45) is 0.903. The van der Waals surface area contributed by atoms with Crippen LogP contribution in [0.25, 0.3) is 0 Å². The minimum atomic E-state index is -0.0731. The molecule has 0 saturated carbocycles. The van der Waals surface area contributed by atoms with E-state index in [9.17, 15) is 9.59 Å². The van der Waals surface area contributed by atoms with E-state index in [2.05, 4.69) is 63.5 Å². The van der Waals surface area contributed by atoms with Gasteiger partial charge in [-0.3, -0.25) is 9.59 Å². The Labute approximate surface area is 187 Å². The number of hydrogen-bond acceptors (Lipinski definition) is 2. The number of carbonyl (C=O) groups is 2. The lowest BCUT2D eigenvalue weighted by molar-refractivity contribution is -0.883. The van der Waals surface area contributed by atoms with E-state index >= 15 is 0 Å². The smallest absolute Gasteiger partial charge is 0.279 e. The summed E-state index contributed by atoms with van der Waals surface area (Å²) < 4.78 is 0. The lowest BCUT2D eigenvalue weighted by Gasteiger charge is -2.22. The fourth-order valence-corrected chi connectivity index (χ4v) is 3.83. The van der Waals surface area contributed by atoms with Crippen molar-refractivity contribution in [2.75, 3.05) is 30.3 Å². The van der Waals surface area contributed by atoms with Crippen molar-refractivity contribution < 1.29 is 14.5 Å². The van der Waals surface area contributed by atoms with Gasteiger partial charge < -0.3 is 15.5 Å². The number of rotatable bonds is 10. The molecule has 2 aromatic rings. The third-order valence-electron chi connectivity index (χ3n) is 5.48. The van der Waals surface area contributed by atoms with E-state index in [1.165, 1.54) is 0 Å². The number of nitrogens with one attached hydrogen (secondary N) is 3. The van der Waals surface area contributed by atoms with Gasteiger partial charge in [-0.05, 0) is 47.9 Å². The molecule has 31 heavy (non-hydrogen) atoms. The highest BCUT2D eigenvalue weighted by molar-refractivity contribution is 5.94. The molecule has 0 aliphatic rings. The first-order valence-corrected chi connectivity index (χ1v) is 11.3. The van der Waals surface area contributed by atoms with Crippen molar-refractivity contribution in [3.05, 3.63) is 59.2 Å². The Morgan fingerprint density at radius 3 is 1.90 bits per heavy atom. The standard InChI is InChI=1S/C26H37N3O2/c1-7-15-29(16-24(30)27-23-14-9-8-11-20(23)6)17-25(31)28-26-21(18(2)3)12-10-13-22(26)19(4)5/h8-14,18-19H,7,15-17H2,1-6H3,(H,27,30)(H,28,31)/p+1. The maximum Gasteiger partial charge on any atom is 0.279 e. The van der Waals surface area contributed by atoms with Gasteiger partial charge in [-0.1, -0.05) is 71.0 Å². The Bertz CT molecular complexity index is 864. The van der Waals surface area contributed by atoms with Crippen LogP contribution in [0.15, 0.2) is 42.5 Å². The molecule has 0 fully saturated rings. The third kappa shape index (κ3) is 7.21. The molecule has 2 rings (SSSR count). The summed E-state index contributed by atoms with van der Waals surface area (Å²) in [6, 6.07) is 13.9. The van der Waals surface area contributed by atoms with E-state index in [-0.39, 0.29) is 24.9 Å². The van der Waals surface area contributed by atoms with Gasteiger partial charge in [-0.25, -0.2) is 0 Å². The Kier molecular flexibility index (Phi) is 9.25. The molecule has 0 radical (unpaired) electrons. The fraction of sp³-hybridized carbons (Fsp3) is 0.462. The van der Waals surface area contributed by atoms with Crippen molar-refractivity contribution in [1.29, 1.82) is 0 Å². The average molecular weight is 425 g/mol. The number of para-hydroxylation sites is 2. The quantitative estimate of drug-likeness (QED) is 0.537. The Hall–Kier alpha value is -2.66. The van der Waals surface area contributed by atoms with E-state index < -0.39 is 0 Å². The number of quaternary nitrogens is 1. The molecule has 3 N–H and O–H groups in total. The van der Waals surface area contributed by atoms with Crippen LogP contribution in [0.1, 0.15) is 69.6 Å². The molecule has 1 atom stereocenters. The Morgan fingerprint density at radius 1 is 0.839 bits per heavy atom. The number of amides is 2. The third-order valence-corrected chi connectivity index (χ3v) is 5.48. The van der Waals surface area contributed by atoms with Gasteiger partial charge in [0.1, 0.15) is 0 Å². The number of aryl methyl sites for hydroxylation is 1. The molecule has 0 spiro atoms. The van der Waals surface area contributed by atoms with Crippen LogP contribution in [-0.4, -0.2) is 31.4 Å². The van der Waals surface area contributed by atoms with E-state index in [4.69, 9.17) is 0 Å². The van der Waals surface area contributed by atoms with E-state index in [1.807, 2.05) is 31.2 Å². The zero-order valence-electron chi connectivity index (χ0n) is 19.8. The molecule has 168 valence electrons. The summed E-state index contributed by atoms with van der Waals surface area (Å²) in [5.74, 6) is 0.499. The van der Waals surface area contributed by atoms with E-state index in [0.717, 1.165) is 45.9 Å².